The molecule has 0 saturated carbocycles. The van der Waals surface area contributed by atoms with Crippen molar-refractivity contribution in [2.45, 2.75) is 135 Å². The van der Waals surface area contributed by atoms with E-state index in [2.05, 4.69) is 27.7 Å². The molecule has 0 bridgehead atoms. The summed E-state index contributed by atoms with van der Waals surface area (Å²) in [5, 5.41) is 39.9. The molecule has 0 radical (unpaired) electrons. The van der Waals surface area contributed by atoms with Gasteiger partial charge in [0.25, 0.3) is 0 Å². The molecule has 1 aliphatic heterocycles. The number of aliphatic hydroxyl groups is 4. The molecular weight excluding hydrogens is 487 g/mol. The highest BCUT2D eigenvalue weighted by atomic mass is 31.2. The SMILES string of the molecule is CC(C)CCCC(C)CCCC(C)CCCC(C)CC(OP(=O)(O)O)C1O[C@H](CO)[C@@H](O)[C@H](O)[C@@H]1O. The molecule has 10 heteroatoms. The number of aliphatic hydroxyl groups excluding tert-OH is 4. The summed E-state index contributed by atoms with van der Waals surface area (Å²) in [7, 11) is -4.91. The summed E-state index contributed by atoms with van der Waals surface area (Å²) in [6.45, 7) is 10.5. The van der Waals surface area contributed by atoms with Crippen molar-refractivity contribution < 1.29 is 44.0 Å². The van der Waals surface area contributed by atoms with Gasteiger partial charge in [0.15, 0.2) is 0 Å². The quantitative estimate of drug-likeness (QED) is 0.142. The Bertz CT molecular complexity index is 627. The maximum atomic E-state index is 11.6. The monoisotopic (exact) mass is 540 g/mol. The second-order valence-corrected chi connectivity index (χ2v) is 12.9. The average Bonchev–Trinajstić information content (AvgIpc) is 2.76. The van der Waals surface area contributed by atoms with Gasteiger partial charge in [0.05, 0.1) is 12.7 Å². The van der Waals surface area contributed by atoms with Gasteiger partial charge in [0, 0.05) is 0 Å². The van der Waals surface area contributed by atoms with Crippen molar-refractivity contribution in [3.05, 3.63) is 0 Å². The molecule has 1 heterocycles. The normalized spacial score (nSPS) is 28.7. The first-order valence-electron chi connectivity index (χ1n) is 13.8. The molecule has 9 nitrogen and oxygen atoms in total. The van der Waals surface area contributed by atoms with E-state index >= 15 is 0 Å². The molecule has 216 valence electrons. The van der Waals surface area contributed by atoms with Crippen molar-refractivity contribution in [2.24, 2.45) is 23.7 Å². The van der Waals surface area contributed by atoms with Crippen molar-refractivity contribution in [1.29, 1.82) is 0 Å². The predicted octanol–water partition coefficient (Wildman–Crippen LogP) is 3.77. The Morgan fingerprint density at radius 1 is 0.750 bits per heavy atom. The minimum atomic E-state index is -4.91. The van der Waals surface area contributed by atoms with Crippen LogP contribution in [0.25, 0.3) is 0 Å². The van der Waals surface area contributed by atoms with Crippen LogP contribution in [0.2, 0.25) is 0 Å². The van der Waals surface area contributed by atoms with Crippen LogP contribution < -0.4 is 0 Å². The molecule has 0 aromatic carbocycles. The fraction of sp³-hybridized carbons (Fsp3) is 1.00. The van der Waals surface area contributed by atoms with Gasteiger partial charge in [-0.25, -0.2) is 4.57 Å². The van der Waals surface area contributed by atoms with Crippen LogP contribution in [-0.2, 0) is 13.8 Å². The van der Waals surface area contributed by atoms with Gasteiger partial charge in [-0.2, -0.15) is 0 Å². The molecule has 0 amide bonds. The molecule has 5 unspecified atom stereocenters. The molecule has 0 aromatic heterocycles. The van der Waals surface area contributed by atoms with Crippen LogP contribution >= 0.6 is 7.82 Å². The number of phosphoric acid groups is 1. The first kappa shape index (κ1) is 33.9. The van der Waals surface area contributed by atoms with E-state index in [-0.39, 0.29) is 12.3 Å². The van der Waals surface area contributed by atoms with Crippen LogP contribution in [0, 0.1) is 23.7 Å². The molecule has 1 aliphatic rings. The Morgan fingerprint density at radius 3 is 1.67 bits per heavy atom. The Kier molecular flexibility index (Phi) is 15.8. The van der Waals surface area contributed by atoms with Gasteiger partial charge in [0.1, 0.15) is 30.5 Å². The maximum absolute atomic E-state index is 11.6. The summed E-state index contributed by atoms with van der Waals surface area (Å²) < 4.78 is 22.0. The van der Waals surface area contributed by atoms with Gasteiger partial charge in [-0.05, 0) is 30.1 Å². The average molecular weight is 541 g/mol. The van der Waals surface area contributed by atoms with Crippen LogP contribution in [0.3, 0.4) is 0 Å². The van der Waals surface area contributed by atoms with E-state index < -0.39 is 51.1 Å². The summed E-state index contributed by atoms with van der Waals surface area (Å²) in [6, 6.07) is 0. The third kappa shape index (κ3) is 13.1. The second-order valence-electron chi connectivity index (χ2n) is 11.7. The van der Waals surface area contributed by atoms with E-state index in [0.29, 0.717) is 5.92 Å². The Hall–Kier alpha value is -0.0900. The highest BCUT2D eigenvalue weighted by molar-refractivity contribution is 7.46. The molecule has 36 heavy (non-hydrogen) atoms. The molecule has 6 N–H and O–H groups in total. The van der Waals surface area contributed by atoms with E-state index in [4.69, 9.17) is 9.26 Å². The molecule has 0 spiro atoms. The van der Waals surface area contributed by atoms with Crippen molar-refractivity contribution in [2.75, 3.05) is 6.61 Å². The zero-order chi connectivity index (χ0) is 27.5. The van der Waals surface area contributed by atoms with Gasteiger partial charge in [0.2, 0.25) is 0 Å². The minimum Gasteiger partial charge on any atom is -0.394 e. The highest BCUT2D eigenvalue weighted by Gasteiger charge is 2.48. The first-order valence-corrected chi connectivity index (χ1v) is 15.3. The standard InChI is InChI=1S/C26H53O9P/c1-17(2)9-6-10-18(3)11-7-12-19(4)13-8-14-20(5)15-21(35-36(31,32)33)26-25(30)24(29)23(28)22(16-27)34-26/h17-30H,6-16H2,1-5H3,(H2,31,32,33)/t18?,19?,20?,21?,22-,23-,24+,25+,26?/m1/s1. The largest absolute Gasteiger partial charge is 0.469 e. The van der Waals surface area contributed by atoms with Gasteiger partial charge < -0.3 is 34.9 Å². The maximum Gasteiger partial charge on any atom is 0.469 e. The topological polar surface area (TPSA) is 157 Å². The highest BCUT2D eigenvalue weighted by Crippen LogP contribution is 2.42. The molecule has 0 aliphatic carbocycles. The van der Waals surface area contributed by atoms with Crippen LogP contribution in [-0.4, -0.2) is 73.4 Å². The lowest BCUT2D eigenvalue weighted by Crippen LogP contribution is -2.61. The zero-order valence-corrected chi connectivity index (χ0v) is 23.8. The number of hydrogen-bond acceptors (Lipinski definition) is 7. The first-order chi connectivity index (χ1) is 16.7. The van der Waals surface area contributed by atoms with Gasteiger partial charge in [-0.1, -0.05) is 92.4 Å². The van der Waals surface area contributed by atoms with Crippen LogP contribution in [0.15, 0.2) is 0 Å². The van der Waals surface area contributed by atoms with Gasteiger partial charge in [-0.15, -0.1) is 0 Å². The van der Waals surface area contributed by atoms with E-state index in [9.17, 15) is 34.8 Å². The fourth-order valence-corrected chi connectivity index (χ4v) is 5.72. The van der Waals surface area contributed by atoms with Crippen LogP contribution in [0.1, 0.15) is 98.8 Å². The van der Waals surface area contributed by atoms with Crippen LogP contribution in [0.5, 0.6) is 0 Å². The molecule has 1 fully saturated rings. The minimum absolute atomic E-state index is 0.0158. The number of ether oxygens (including phenoxy) is 1. The van der Waals surface area contributed by atoms with Gasteiger partial charge >= 0.3 is 7.82 Å². The summed E-state index contributed by atoms with van der Waals surface area (Å²) in [4.78, 5) is 18.8. The Morgan fingerprint density at radius 2 is 1.22 bits per heavy atom. The number of hydrogen-bond donors (Lipinski definition) is 6. The Balaban J connectivity index is 2.49. The lowest BCUT2D eigenvalue weighted by atomic mass is 9.87. The summed E-state index contributed by atoms with van der Waals surface area (Å²) in [6.07, 6.45) is 2.18. The van der Waals surface area contributed by atoms with E-state index in [1.807, 2.05) is 6.92 Å². The van der Waals surface area contributed by atoms with Crippen molar-refractivity contribution >= 4 is 7.82 Å². The molecule has 0 aromatic rings. The summed E-state index contributed by atoms with van der Waals surface area (Å²) >= 11 is 0. The summed E-state index contributed by atoms with van der Waals surface area (Å²) in [5.41, 5.74) is 0. The lowest BCUT2D eigenvalue weighted by molar-refractivity contribution is -0.248. The van der Waals surface area contributed by atoms with Crippen molar-refractivity contribution in [3.8, 4) is 0 Å². The van der Waals surface area contributed by atoms with E-state index in [1.165, 1.54) is 38.5 Å². The van der Waals surface area contributed by atoms with Crippen LogP contribution in [0.4, 0.5) is 0 Å². The van der Waals surface area contributed by atoms with E-state index in [0.717, 1.165) is 31.1 Å². The summed E-state index contributed by atoms with van der Waals surface area (Å²) in [5.74, 6) is 2.16. The smallest absolute Gasteiger partial charge is 0.394 e. The lowest BCUT2D eigenvalue weighted by Gasteiger charge is -2.43. The van der Waals surface area contributed by atoms with E-state index in [1.54, 1.807) is 0 Å². The third-order valence-corrected chi connectivity index (χ3v) is 8.01. The molecule has 1 rings (SSSR count). The third-order valence-electron chi connectivity index (χ3n) is 7.47. The van der Waals surface area contributed by atoms with Crippen molar-refractivity contribution in [1.82, 2.24) is 0 Å². The van der Waals surface area contributed by atoms with Crippen molar-refractivity contribution in [3.63, 3.8) is 0 Å². The Labute approximate surface area is 217 Å². The predicted molar refractivity (Wildman–Crippen MR) is 139 cm³/mol. The zero-order valence-electron chi connectivity index (χ0n) is 22.9. The number of rotatable bonds is 18. The molecule has 9 atom stereocenters. The van der Waals surface area contributed by atoms with Gasteiger partial charge in [-0.3, -0.25) is 4.52 Å². The molecule has 1 saturated heterocycles. The molecular formula is C26H53O9P. The number of phosphoric ester groups is 1. The second kappa shape index (κ2) is 16.8. The fourth-order valence-electron chi connectivity index (χ4n) is 5.16.